The van der Waals surface area contributed by atoms with Crippen molar-refractivity contribution >= 4 is 12.0 Å². The van der Waals surface area contributed by atoms with Gasteiger partial charge in [-0.05, 0) is 47.2 Å². The number of hydrogen-bond acceptors (Lipinski definition) is 1. The second-order valence-corrected chi connectivity index (χ2v) is 4.84. The number of fused-ring (bicyclic) bond motifs is 3. The zero-order chi connectivity index (χ0) is 13.4. The Bertz CT molecular complexity index is 696. The van der Waals surface area contributed by atoms with E-state index in [1.807, 2.05) is 24.3 Å². The van der Waals surface area contributed by atoms with Crippen LogP contribution in [0.3, 0.4) is 0 Å². The van der Waals surface area contributed by atoms with Crippen LogP contribution in [0.4, 0.5) is 0 Å². The van der Waals surface area contributed by atoms with E-state index < -0.39 is 5.97 Å². The second kappa shape index (κ2) is 4.39. The lowest BCUT2D eigenvalue weighted by molar-refractivity contribution is -0.132. The number of benzene rings is 2. The lowest BCUT2D eigenvalue weighted by atomic mass is 10.00. The maximum absolute atomic E-state index is 11.0. The van der Waals surface area contributed by atoms with E-state index in [1.165, 1.54) is 22.3 Å². The summed E-state index contributed by atoms with van der Waals surface area (Å²) in [4.78, 5) is 11.0. The van der Waals surface area contributed by atoms with Crippen molar-refractivity contribution in [2.45, 2.75) is 13.3 Å². The maximum Gasteiger partial charge on any atom is 0.331 e. The molecule has 94 valence electrons. The first kappa shape index (κ1) is 11.7. The highest BCUT2D eigenvalue weighted by Crippen LogP contribution is 2.38. The van der Waals surface area contributed by atoms with Crippen LogP contribution in [0.1, 0.15) is 23.6 Å². The predicted molar refractivity (Wildman–Crippen MR) is 76.0 cm³/mol. The van der Waals surface area contributed by atoms with Crippen LogP contribution in [0.15, 0.2) is 48.0 Å². The summed E-state index contributed by atoms with van der Waals surface area (Å²) in [7, 11) is 0. The molecule has 0 spiro atoms. The van der Waals surface area contributed by atoms with Gasteiger partial charge in [-0.25, -0.2) is 4.79 Å². The van der Waals surface area contributed by atoms with Crippen molar-refractivity contribution in [3.8, 4) is 11.1 Å². The largest absolute Gasteiger partial charge is 0.478 e. The molecule has 2 aromatic carbocycles. The molecule has 0 aromatic heterocycles. The molecule has 0 bridgehead atoms. The number of carbonyl (C=O) groups is 1. The summed E-state index contributed by atoms with van der Waals surface area (Å²) in [6.07, 6.45) is 2.64. The molecule has 3 rings (SSSR count). The van der Waals surface area contributed by atoms with Gasteiger partial charge in [-0.1, -0.05) is 42.5 Å². The molecule has 19 heavy (non-hydrogen) atoms. The minimum atomic E-state index is -0.867. The van der Waals surface area contributed by atoms with Crippen LogP contribution < -0.4 is 0 Å². The number of carboxylic acids is 1. The van der Waals surface area contributed by atoms with Crippen molar-refractivity contribution in [1.29, 1.82) is 0 Å². The Morgan fingerprint density at radius 3 is 2.63 bits per heavy atom. The Hall–Kier alpha value is -2.35. The van der Waals surface area contributed by atoms with Crippen molar-refractivity contribution in [3.05, 3.63) is 64.7 Å². The Labute approximate surface area is 112 Å². The third-order valence-electron chi connectivity index (χ3n) is 3.60. The van der Waals surface area contributed by atoms with Gasteiger partial charge in [0.1, 0.15) is 0 Å². The van der Waals surface area contributed by atoms with Crippen LogP contribution in [0.5, 0.6) is 0 Å². The molecule has 1 aliphatic rings. The van der Waals surface area contributed by atoms with Gasteiger partial charge in [-0.3, -0.25) is 0 Å². The van der Waals surface area contributed by atoms with Crippen molar-refractivity contribution in [2.75, 3.05) is 0 Å². The third kappa shape index (κ3) is 1.95. The summed E-state index contributed by atoms with van der Waals surface area (Å²) in [5, 5.41) is 9.00. The minimum Gasteiger partial charge on any atom is -0.478 e. The van der Waals surface area contributed by atoms with Crippen LogP contribution in [-0.4, -0.2) is 11.1 Å². The van der Waals surface area contributed by atoms with Gasteiger partial charge in [-0.15, -0.1) is 0 Å². The average Bonchev–Trinajstić information content (AvgIpc) is 2.78. The highest BCUT2D eigenvalue weighted by atomic mass is 16.4. The maximum atomic E-state index is 11.0. The lowest BCUT2D eigenvalue weighted by Crippen LogP contribution is -1.96. The average molecular weight is 250 g/mol. The summed E-state index contributed by atoms with van der Waals surface area (Å²) in [6.45, 7) is 1.63. The van der Waals surface area contributed by atoms with Crippen LogP contribution in [0.25, 0.3) is 17.2 Å². The number of aliphatic carboxylic acids is 1. The van der Waals surface area contributed by atoms with E-state index in [2.05, 4.69) is 18.2 Å². The molecule has 0 amide bonds. The Morgan fingerprint density at radius 2 is 1.84 bits per heavy atom. The van der Waals surface area contributed by atoms with Crippen LogP contribution in [0.2, 0.25) is 0 Å². The zero-order valence-electron chi connectivity index (χ0n) is 10.7. The summed E-state index contributed by atoms with van der Waals surface area (Å²) in [5.41, 5.74) is 6.40. The fourth-order valence-electron chi connectivity index (χ4n) is 2.61. The summed E-state index contributed by atoms with van der Waals surface area (Å²) < 4.78 is 0. The zero-order valence-corrected chi connectivity index (χ0v) is 10.7. The molecule has 1 aliphatic carbocycles. The molecule has 0 fully saturated rings. The smallest absolute Gasteiger partial charge is 0.331 e. The monoisotopic (exact) mass is 250 g/mol. The van der Waals surface area contributed by atoms with Crippen LogP contribution in [-0.2, 0) is 11.2 Å². The molecular formula is C17H14O2. The number of hydrogen-bond donors (Lipinski definition) is 1. The van der Waals surface area contributed by atoms with Gasteiger partial charge in [0.2, 0.25) is 0 Å². The van der Waals surface area contributed by atoms with Crippen LogP contribution in [0, 0.1) is 0 Å². The fraction of sp³-hybridized carbons (Fsp3) is 0.118. The summed E-state index contributed by atoms with van der Waals surface area (Å²) in [6, 6.07) is 14.4. The van der Waals surface area contributed by atoms with Crippen molar-refractivity contribution in [1.82, 2.24) is 0 Å². The van der Waals surface area contributed by atoms with Gasteiger partial charge < -0.3 is 5.11 Å². The standard InChI is InChI=1S/C17H14O2/c1-11(17(18)19)9-12-6-4-8-15-14-7-3-2-5-13(14)10-16(12)15/h2-9H,10H2,1H3,(H,18,19). The highest BCUT2D eigenvalue weighted by Gasteiger charge is 2.19. The van der Waals surface area contributed by atoms with Gasteiger partial charge in [0.25, 0.3) is 0 Å². The molecule has 0 heterocycles. The first-order valence-corrected chi connectivity index (χ1v) is 6.28. The van der Waals surface area contributed by atoms with E-state index in [0.717, 1.165) is 12.0 Å². The summed E-state index contributed by atoms with van der Waals surface area (Å²) in [5.74, 6) is -0.867. The van der Waals surface area contributed by atoms with E-state index in [0.29, 0.717) is 5.57 Å². The second-order valence-electron chi connectivity index (χ2n) is 4.84. The Balaban J connectivity index is 2.14. The SMILES string of the molecule is CC(=Cc1cccc2c1Cc1ccccc1-2)C(=O)O. The van der Waals surface area contributed by atoms with E-state index in [4.69, 9.17) is 5.11 Å². The molecular weight excluding hydrogens is 236 g/mol. The molecule has 2 aromatic rings. The molecule has 0 saturated carbocycles. The fourth-order valence-corrected chi connectivity index (χ4v) is 2.61. The molecule has 0 radical (unpaired) electrons. The van der Waals surface area contributed by atoms with Gasteiger partial charge in [0.05, 0.1) is 0 Å². The first-order chi connectivity index (χ1) is 9.16. The molecule has 1 N–H and O–H groups in total. The van der Waals surface area contributed by atoms with Gasteiger partial charge in [0.15, 0.2) is 0 Å². The molecule has 0 aliphatic heterocycles. The molecule has 0 saturated heterocycles. The molecule has 2 nitrogen and oxygen atoms in total. The minimum absolute atomic E-state index is 0.365. The van der Waals surface area contributed by atoms with E-state index in [1.54, 1.807) is 13.0 Å². The van der Waals surface area contributed by atoms with E-state index in [9.17, 15) is 4.79 Å². The molecule has 2 heteroatoms. The number of rotatable bonds is 2. The van der Waals surface area contributed by atoms with Crippen molar-refractivity contribution in [2.24, 2.45) is 0 Å². The predicted octanol–water partition coefficient (Wildman–Crippen LogP) is 3.75. The summed E-state index contributed by atoms with van der Waals surface area (Å²) >= 11 is 0. The van der Waals surface area contributed by atoms with E-state index in [-0.39, 0.29) is 0 Å². The normalized spacial score (nSPS) is 13.0. The van der Waals surface area contributed by atoms with Gasteiger partial charge in [0, 0.05) is 5.57 Å². The first-order valence-electron chi connectivity index (χ1n) is 6.28. The Kier molecular flexibility index (Phi) is 2.71. The third-order valence-corrected chi connectivity index (χ3v) is 3.60. The number of carboxylic acid groups (broad SMARTS) is 1. The molecule has 0 unspecified atom stereocenters. The van der Waals surface area contributed by atoms with Crippen molar-refractivity contribution < 1.29 is 9.90 Å². The quantitative estimate of drug-likeness (QED) is 0.703. The lowest BCUT2D eigenvalue weighted by Gasteiger charge is -2.05. The Morgan fingerprint density at radius 1 is 1.11 bits per heavy atom. The van der Waals surface area contributed by atoms with E-state index >= 15 is 0 Å². The molecule has 0 atom stereocenters. The van der Waals surface area contributed by atoms with Crippen molar-refractivity contribution in [3.63, 3.8) is 0 Å². The highest BCUT2D eigenvalue weighted by molar-refractivity contribution is 5.92. The van der Waals surface area contributed by atoms with Gasteiger partial charge in [-0.2, -0.15) is 0 Å². The van der Waals surface area contributed by atoms with Gasteiger partial charge >= 0.3 is 5.97 Å². The van der Waals surface area contributed by atoms with Crippen LogP contribution >= 0.6 is 0 Å². The topological polar surface area (TPSA) is 37.3 Å².